The second-order valence-corrected chi connectivity index (χ2v) is 5.24. The van der Waals surface area contributed by atoms with Crippen molar-refractivity contribution in [1.82, 2.24) is 0 Å². The minimum Gasteiger partial charge on any atom is -0.769 e. The van der Waals surface area contributed by atoms with Crippen LogP contribution in [0.15, 0.2) is 46.3 Å². The summed E-state index contributed by atoms with van der Waals surface area (Å²) < 4.78 is 27.2. The highest BCUT2D eigenvalue weighted by Crippen LogP contribution is 2.26. The molecule has 0 aromatic rings. The van der Waals surface area contributed by atoms with Gasteiger partial charge in [0.25, 0.3) is 0 Å². The Hall–Kier alpha value is -1.13. The van der Waals surface area contributed by atoms with Gasteiger partial charge in [0.15, 0.2) is 0 Å². The summed E-state index contributed by atoms with van der Waals surface area (Å²) in [7, 11) is 0. The summed E-state index contributed by atoms with van der Waals surface area (Å²) in [6.07, 6.45) is 10.6. The van der Waals surface area contributed by atoms with Gasteiger partial charge in [0.2, 0.25) is 0 Å². The lowest BCUT2D eigenvalue weighted by atomic mass is 10.1. The number of rotatable bonds is 3. The number of allylic oxidation sites excluding steroid dienone is 8. The van der Waals surface area contributed by atoms with Gasteiger partial charge in [0.1, 0.15) is 11.5 Å². The average molecular weight is 251 g/mol. The molecule has 0 N–H and O–H groups in total. The third-order valence-electron chi connectivity index (χ3n) is 2.87. The molecule has 0 spiro atoms. The van der Waals surface area contributed by atoms with E-state index >= 15 is 0 Å². The van der Waals surface area contributed by atoms with Gasteiger partial charge in [0.05, 0.1) is 0 Å². The molecule has 0 aliphatic heterocycles. The molecule has 2 rings (SSSR count). The van der Waals surface area contributed by atoms with Crippen LogP contribution in [0.1, 0.15) is 32.6 Å². The fourth-order valence-electron chi connectivity index (χ4n) is 1.80. The summed E-state index contributed by atoms with van der Waals surface area (Å²) in [6, 6.07) is 0. The molecule has 0 saturated heterocycles. The van der Waals surface area contributed by atoms with E-state index in [1.165, 1.54) is 5.57 Å². The zero-order valence-corrected chi connectivity index (χ0v) is 10.6. The Labute approximate surface area is 104 Å². The summed E-state index contributed by atoms with van der Waals surface area (Å²) >= 11 is -2.09. The normalized spacial score (nSPS) is 22.0. The molecule has 1 unspecified atom stereocenters. The van der Waals surface area contributed by atoms with Gasteiger partial charge in [0, 0.05) is 17.7 Å². The van der Waals surface area contributed by atoms with E-state index in [4.69, 9.17) is 4.74 Å². The van der Waals surface area contributed by atoms with Crippen LogP contribution in [0.4, 0.5) is 0 Å². The first-order valence-corrected chi connectivity index (χ1v) is 6.76. The van der Waals surface area contributed by atoms with E-state index in [0.29, 0.717) is 17.7 Å². The summed E-state index contributed by atoms with van der Waals surface area (Å²) in [5, 5.41) is 0. The van der Waals surface area contributed by atoms with Gasteiger partial charge in [-0.2, -0.15) is 0 Å². The summed E-state index contributed by atoms with van der Waals surface area (Å²) in [6.45, 7) is 2.10. The van der Waals surface area contributed by atoms with E-state index in [0.717, 1.165) is 24.4 Å². The van der Waals surface area contributed by atoms with E-state index in [9.17, 15) is 8.76 Å². The molecule has 1 atom stereocenters. The first-order chi connectivity index (χ1) is 8.15. The monoisotopic (exact) mass is 251 g/mol. The molecule has 17 heavy (non-hydrogen) atoms. The van der Waals surface area contributed by atoms with E-state index in [-0.39, 0.29) is 0 Å². The quantitative estimate of drug-likeness (QED) is 0.724. The molecule has 0 fully saturated rings. The van der Waals surface area contributed by atoms with Crippen molar-refractivity contribution in [1.29, 1.82) is 0 Å². The molecule has 4 heteroatoms. The maximum absolute atomic E-state index is 10.7. The van der Waals surface area contributed by atoms with E-state index in [1.54, 1.807) is 12.2 Å². The number of hydrogen-bond acceptors (Lipinski definition) is 3. The Kier molecular flexibility index (Phi) is 3.97. The summed E-state index contributed by atoms with van der Waals surface area (Å²) in [5.41, 5.74) is 1.36. The summed E-state index contributed by atoms with van der Waals surface area (Å²) in [4.78, 5) is 0.450. The Morgan fingerprint density at radius 2 is 1.71 bits per heavy atom. The Morgan fingerprint density at radius 3 is 2.18 bits per heavy atom. The van der Waals surface area contributed by atoms with E-state index in [2.05, 4.69) is 13.0 Å². The van der Waals surface area contributed by atoms with Crippen LogP contribution in [0.3, 0.4) is 0 Å². The van der Waals surface area contributed by atoms with Crippen molar-refractivity contribution >= 4 is 11.1 Å². The molecule has 0 saturated carbocycles. The van der Waals surface area contributed by atoms with E-state index in [1.807, 2.05) is 6.08 Å². The fourth-order valence-corrected chi connectivity index (χ4v) is 2.25. The molecule has 0 aromatic carbocycles. The smallest absolute Gasteiger partial charge is 0.104 e. The van der Waals surface area contributed by atoms with Crippen molar-refractivity contribution in [3.63, 3.8) is 0 Å². The number of ether oxygens (including phenoxy) is 1. The lowest BCUT2D eigenvalue weighted by Gasteiger charge is -2.19. The predicted molar refractivity (Wildman–Crippen MR) is 66.5 cm³/mol. The zero-order valence-electron chi connectivity index (χ0n) is 9.77. The van der Waals surface area contributed by atoms with Crippen LogP contribution in [0.5, 0.6) is 0 Å². The highest BCUT2D eigenvalue weighted by atomic mass is 32.2. The SMILES string of the molecule is CC1=CC=C(OC2=CC=C(S(=O)[O-])CC2)CC1. The highest BCUT2D eigenvalue weighted by molar-refractivity contribution is 7.83. The minimum atomic E-state index is -2.09. The van der Waals surface area contributed by atoms with Crippen molar-refractivity contribution < 1.29 is 13.5 Å². The average Bonchev–Trinajstić information content (AvgIpc) is 2.33. The van der Waals surface area contributed by atoms with Crippen LogP contribution in [-0.2, 0) is 15.8 Å². The lowest BCUT2D eigenvalue weighted by Crippen LogP contribution is -2.03. The molecule has 0 heterocycles. The third-order valence-corrected chi connectivity index (χ3v) is 3.64. The van der Waals surface area contributed by atoms with Crippen molar-refractivity contribution in [2.75, 3.05) is 0 Å². The minimum absolute atomic E-state index is 0.450. The van der Waals surface area contributed by atoms with Gasteiger partial charge in [-0.3, -0.25) is 4.21 Å². The van der Waals surface area contributed by atoms with Gasteiger partial charge in [-0.25, -0.2) is 0 Å². The zero-order chi connectivity index (χ0) is 12.3. The predicted octanol–water partition coefficient (Wildman–Crippen LogP) is 3.07. The first-order valence-electron chi connectivity index (χ1n) is 5.68. The van der Waals surface area contributed by atoms with Crippen LogP contribution in [0.25, 0.3) is 0 Å². The van der Waals surface area contributed by atoms with Crippen LogP contribution in [0.2, 0.25) is 0 Å². The van der Waals surface area contributed by atoms with Crippen molar-refractivity contribution in [2.45, 2.75) is 32.6 Å². The van der Waals surface area contributed by atoms with Crippen LogP contribution in [-0.4, -0.2) is 8.76 Å². The summed E-state index contributed by atoms with van der Waals surface area (Å²) in [5.74, 6) is 1.81. The van der Waals surface area contributed by atoms with Gasteiger partial charge in [-0.05, 0) is 49.1 Å². The molecule has 92 valence electrons. The van der Waals surface area contributed by atoms with E-state index < -0.39 is 11.1 Å². The first kappa shape index (κ1) is 12.3. The molecular weight excluding hydrogens is 236 g/mol. The highest BCUT2D eigenvalue weighted by Gasteiger charge is 2.11. The molecular formula is C13H15O3S-. The van der Waals surface area contributed by atoms with Gasteiger partial charge in [-0.1, -0.05) is 11.6 Å². The van der Waals surface area contributed by atoms with Gasteiger partial charge < -0.3 is 9.29 Å². The maximum Gasteiger partial charge on any atom is 0.104 e. The molecule has 0 bridgehead atoms. The molecule has 0 amide bonds. The topological polar surface area (TPSA) is 49.4 Å². The molecule has 3 nitrogen and oxygen atoms in total. The lowest BCUT2D eigenvalue weighted by molar-refractivity contribution is 0.274. The molecule has 0 aromatic heterocycles. The Bertz CT molecular complexity index is 455. The Morgan fingerprint density at radius 1 is 1.06 bits per heavy atom. The van der Waals surface area contributed by atoms with Crippen LogP contribution < -0.4 is 0 Å². The maximum atomic E-state index is 10.7. The van der Waals surface area contributed by atoms with Crippen LogP contribution in [0, 0.1) is 0 Å². The van der Waals surface area contributed by atoms with Gasteiger partial charge in [-0.15, -0.1) is 0 Å². The number of hydrogen-bond donors (Lipinski definition) is 0. The van der Waals surface area contributed by atoms with Crippen molar-refractivity contribution in [3.8, 4) is 0 Å². The standard InChI is InChI=1S/C13H16O3S/c1-10-2-4-11(5-3-10)16-12-6-8-13(9-7-12)17(14)15/h2,4,6,8H,3,5,7,9H2,1H3,(H,14,15)/p-1. The molecule has 2 aliphatic carbocycles. The van der Waals surface area contributed by atoms with Crippen LogP contribution >= 0.6 is 0 Å². The molecule has 0 radical (unpaired) electrons. The van der Waals surface area contributed by atoms with Gasteiger partial charge >= 0.3 is 0 Å². The Balaban J connectivity index is 2.00. The molecule has 2 aliphatic rings. The second-order valence-electron chi connectivity index (χ2n) is 4.25. The van der Waals surface area contributed by atoms with Crippen molar-refractivity contribution in [3.05, 3.63) is 46.3 Å². The second kappa shape index (κ2) is 5.47. The third kappa shape index (κ3) is 3.41. The largest absolute Gasteiger partial charge is 0.769 e. The fraction of sp³-hybridized carbons (Fsp3) is 0.385. The van der Waals surface area contributed by atoms with Crippen molar-refractivity contribution in [2.24, 2.45) is 0 Å².